The molecule has 0 spiro atoms. The number of nitrogens with zero attached hydrogens (tertiary/aromatic N) is 1. The molecular weight excluding hydrogens is 387 g/mol. The minimum atomic E-state index is -0.870. The van der Waals surface area contributed by atoms with E-state index in [2.05, 4.69) is 36.5 Å². The van der Waals surface area contributed by atoms with E-state index in [1.807, 2.05) is 0 Å². The highest BCUT2D eigenvalue weighted by molar-refractivity contribution is 9.10. The lowest BCUT2D eigenvalue weighted by atomic mass is 10.2. The number of amidine groups is 1. The molecule has 0 saturated carbocycles. The minimum absolute atomic E-state index is 0.0594. The summed E-state index contributed by atoms with van der Waals surface area (Å²) in [5.74, 6) is -0.330. The van der Waals surface area contributed by atoms with Crippen molar-refractivity contribution in [3.8, 4) is 0 Å². The Morgan fingerprint density at radius 3 is 2.92 bits per heavy atom. The summed E-state index contributed by atoms with van der Waals surface area (Å²) in [5, 5.41) is 18.2. The first-order valence-electron chi connectivity index (χ1n) is 6.68. The zero-order valence-corrected chi connectivity index (χ0v) is 13.8. The molecule has 24 heavy (non-hydrogen) atoms. The fourth-order valence-electron chi connectivity index (χ4n) is 1.81. The van der Waals surface area contributed by atoms with E-state index in [-0.39, 0.29) is 23.5 Å². The van der Waals surface area contributed by atoms with Gasteiger partial charge in [0.1, 0.15) is 25.0 Å². The lowest BCUT2D eigenvalue weighted by molar-refractivity contribution is 0.161. The molecule has 0 atom stereocenters. The molecule has 0 fully saturated rings. The van der Waals surface area contributed by atoms with Crippen molar-refractivity contribution in [2.24, 2.45) is 10.9 Å². The van der Waals surface area contributed by atoms with Crippen molar-refractivity contribution >= 4 is 39.2 Å². The second kappa shape index (κ2) is 8.20. The summed E-state index contributed by atoms with van der Waals surface area (Å²) in [6.07, 6.45) is 1.88. The predicted molar refractivity (Wildman–Crippen MR) is 88.8 cm³/mol. The zero-order chi connectivity index (χ0) is 17.5. The second-order valence-corrected chi connectivity index (χ2v) is 5.35. The Bertz CT molecular complexity index is 750. The van der Waals surface area contributed by atoms with Crippen LogP contribution in [-0.4, -0.2) is 30.3 Å². The molecule has 0 saturated heterocycles. The van der Waals surface area contributed by atoms with Gasteiger partial charge in [-0.05, 0) is 34.1 Å². The fraction of sp³-hybridized carbons (Fsp3) is 0.143. The maximum Gasteiger partial charge on any atom is 0.404 e. The second-order valence-electron chi connectivity index (χ2n) is 4.50. The first kappa shape index (κ1) is 17.6. The van der Waals surface area contributed by atoms with Gasteiger partial charge in [-0.1, -0.05) is 5.16 Å². The number of furan rings is 1. The third-order valence-electron chi connectivity index (χ3n) is 2.86. The number of ether oxygens (including phenoxy) is 1. The molecule has 2 aromatic rings. The first-order valence-corrected chi connectivity index (χ1v) is 7.47. The van der Waals surface area contributed by atoms with Crippen LogP contribution in [0.5, 0.6) is 0 Å². The first-order chi connectivity index (χ1) is 11.5. The quantitative estimate of drug-likeness (QED) is 0.194. The summed E-state index contributed by atoms with van der Waals surface area (Å²) in [6.45, 7) is 0.334. The van der Waals surface area contributed by atoms with E-state index in [9.17, 15) is 14.4 Å². The summed E-state index contributed by atoms with van der Waals surface area (Å²) in [7, 11) is 0. The standard InChI is InChI=1S/C14H14BrFN4O4/c15-10-5-8(1-2-11(10)16)19-13(20-22)9-6-23-7-12(9)18-3-4-24-14(17)21/h1-2,5-7,18,22H,3-4H2,(H2,17,21)(H,19,20). The van der Waals surface area contributed by atoms with E-state index in [1.54, 1.807) is 0 Å². The molecule has 0 aliphatic rings. The van der Waals surface area contributed by atoms with Crippen LogP contribution in [0.15, 0.2) is 44.8 Å². The monoisotopic (exact) mass is 400 g/mol. The Kier molecular flexibility index (Phi) is 6.01. The smallest absolute Gasteiger partial charge is 0.404 e. The van der Waals surface area contributed by atoms with Crippen molar-refractivity contribution in [1.29, 1.82) is 0 Å². The molecule has 0 bridgehead atoms. The molecule has 1 aromatic heterocycles. The minimum Gasteiger partial charge on any atom is -0.470 e. The normalized spacial score (nSPS) is 11.2. The summed E-state index contributed by atoms with van der Waals surface area (Å²) >= 11 is 3.08. The molecule has 1 amide bonds. The third kappa shape index (κ3) is 4.62. The lowest BCUT2D eigenvalue weighted by Gasteiger charge is -2.10. The summed E-state index contributed by atoms with van der Waals surface area (Å²) in [5.41, 5.74) is 6.29. The number of nitrogens with two attached hydrogens (primary N) is 1. The number of rotatable bonds is 6. The fourth-order valence-corrected chi connectivity index (χ4v) is 2.19. The number of carbonyl (C=O) groups excluding carboxylic acids is 1. The van der Waals surface area contributed by atoms with Crippen LogP contribution in [0.3, 0.4) is 0 Å². The number of carbonyl (C=O) groups is 1. The van der Waals surface area contributed by atoms with Crippen LogP contribution in [0.25, 0.3) is 0 Å². The summed E-state index contributed by atoms with van der Waals surface area (Å²) < 4.78 is 23.2. The van der Waals surface area contributed by atoms with Gasteiger partial charge >= 0.3 is 6.09 Å². The molecule has 1 heterocycles. The molecule has 128 valence electrons. The number of amides is 1. The van der Waals surface area contributed by atoms with Gasteiger partial charge in [0.15, 0.2) is 5.84 Å². The van der Waals surface area contributed by atoms with Crippen molar-refractivity contribution in [3.05, 3.63) is 46.6 Å². The Morgan fingerprint density at radius 1 is 1.46 bits per heavy atom. The summed E-state index contributed by atoms with van der Waals surface area (Å²) in [6, 6.07) is 4.24. The number of anilines is 2. The van der Waals surface area contributed by atoms with Crippen molar-refractivity contribution < 1.29 is 23.5 Å². The Hall–Kier alpha value is -2.75. The van der Waals surface area contributed by atoms with Gasteiger partial charge in [-0.25, -0.2) is 9.18 Å². The topological polar surface area (TPSA) is 122 Å². The number of oxime groups is 1. The van der Waals surface area contributed by atoms with Crippen molar-refractivity contribution in [2.45, 2.75) is 0 Å². The van der Waals surface area contributed by atoms with Gasteiger partial charge in [0.25, 0.3) is 0 Å². The highest BCUT2D eigenvalue weighted by Crippen LogP contribution is 2.23. The molecule has 5 N–H and O–H groups in total. The van der Waals surface area contributed by atoms with Crippen LogP contribution in [0, 0.1) is 5.82 Å². The van der Waals surface area contributed by atoms with E-state index in [0.717, 1.165) is 0 Å². The molecule has 0 unspecified atom stereocenters. The van der Waals surface area contributed by atoms with Crippen LogP contribution >= 0.6 is 15.9 Å². The van der Waals surface area contributed by atoms with Gasteiger partial charge in [-0.3, -0.25) is 0 Å². The number of nitrogens with one attached hydrogen (secondary N) is 2. The van der Waals surface area contributed by atoms with Gasteiger partial charge in [-0.2, -0.15) is 0 Å². The highest BCUT2D eigenvalue weighted by atomic mass is 79.9. The molecule has 2 rings (SSSR count). The summed E-state index contributed by atoms with van der Waals surface area (Å²) in [4.78, 5) is 10.5. The Balaban J connectivity index is 2.07. The van der Waals surface area contributed by atoms with E-state index in [4.69, 9.17) is 10.2 Å². The van der Waals surface area contributed by atoms with Crippen LogP contribution in [0.4, 0.5) is 20.6 Å². The van der Waals surface area contributed by atoms with Crippen molar-refractivity contribution in [1.82, 2.24) is 0 Å². The van der Waals surface area contributed by atoms with Crippen molar-refractivity contribution in [3.63, 3.8) is 0 Å². The average Bonchev–Trinajstić information content (AvgIpc) is 3.00. The number of hydrogen-bond donors (Lipinski definition) is 4. The molecular formula is C14H14BrFN4O4. The van der Waals surface area contributed by atoms with E-state index in [1.165, 1.54) is 30.7 Å². The molecule has 1 aromatic carbocycles. The predicted octanol–water partition coefficient (Wildman–Crippen LogP) is 2.94. The van der Waals surface area contributed by atoms with Crippen LogP contribution < -0.4 is 16.4 Å². The van der Waals surface area contributed by atoms with Crippen LogP contribution in [0.1, 0.15) is 5.56 Å². The van der Waals surface area contributed by atoms with Gasteiger partial charge in [-0.15, -0.1) is 0 Å². The molecule has 8 nitrogen and oxygen atoms in total. The molecule has 0 aliphatic carbocycles. The number of primary amides is 1. The van der Waals surface area contributed by atoms with Gasteiger partial charge < -0.3 is 30.7 Å². The van der Waals surface area contributed by atoms with Gasteiger partial charge in [0.2, 0.25) is 0 Å². The Labute approximate surface area is 144 Å². The van der Waals surface area contributed by atoms with E-state index < -0.39 is 11.9 Å². The molecule has 0 aliphatic heterocycles. The molecule has 0 radical (unpaired) electrons. The maximum atomic E-state index is 13.3. The van der Waals surface area contributed by atoms with Crippen molar-refractivity contribution in [2.75, 3.05) is 23.8 Å². The number of halogens is 2. The third-order valence-corrected chi connectivity index (χ3v) is 3.47. The zero-order valence-electron chi connectivity index (χ0n) is 12.3. The highest BCUT2D eigenvalue weighted by Gasteiger charge is 2.14. The van der Waals surface area contributed by atoms with E-state index in [0.29, 0.717) is 16.9 Å². The molecule has 10 heteroatoms. The van der Waals surface area contributed by atoms with Gasteiger partial charge in [0, 0.05) is 12.2 Å². The number of hydrogen-bond acceptors (Lipinski definition) is 6. The SMILES string of the molecule is NC(=O)OCCNc1cocc1C(=NO)Nc1ccc(F)c(Br)c1. The van der Waals surface area contributed by atoms with Crippen LogP contribution in [-0.2, 0) is 4.74 Å². The van der Waals surface area contributed by atoms with E-state index >= 15 is 0 Å². The lowest BCUT2D eigenvalue weighted by Crippen LogP contribution is -2.20. The Morgan fingerprint density at radius 2 is 2.25 bits per heavy atom. The van der Waals surface area contributed by atoms with Gasteiger partial charge in [0.05, 0.1) is 15.7 Å². The largest absolute Gasteiger partial charge is 0.470 e. The maximum absolute atomic E-state index is 13.3. The average molecular weight is 401 g/mol. The number of benzene rings is 1. The van der Waals surface area contributed by atoms with Crippen LogP contribution in [0.2, 0.25) is 0 Å².